The summed E-state index contributed by atoms with van der Waals surface area (Å²) in [4.78, 5) is 23.4. The standard InChI is InChI=1S/C15H15BrN2O2/c1-2-14(19)11-6-7-18(9-11)10-15(20)17-13-5-3-4-12(16)8-13/h3-9H,2,10H2,1H3,(H,17,20). The van der Waals surface area contributed by atoms with E-state index in [0.29, 0.717) is 12.0 Å². The lowest BCUT2D eigenvalue weighted by molar-refractivity contribution is -0.116. The molecule has 0 radical (unpaired) electrons. The molecule has 1 aromatic carbocycles. The first-order valence-electron chi connectivity index (χ1n) is 6.33. The van der Waals surface area contributed by atoms with Gasteiger partial charge in [0, 0.05) is 34.5 Å². The van der Waals surface area contributed by atoms with Crippen LogP contribution in [0.4, 0.5) is 5.69 Å². The predicted molar refractivity (Wildman–Crippen MR) is 81.8 cm³/mol. The van der Waals surface area contributed by atoms with Crippen molar-refractivity contribution in [3.05, 3.63) is 52.8 Å². The monoisotopic (exact) mass is 334 g/mol. The van der Waals surface area contributed by atoms with Gasteiger partial charge in [0.15, 0.2) is 5.78 Å². The highest BCUT2D eigenvalue weighted by Crippen LogP contribution is 2.15. The average Bonchev–Trinajstić information content (AvgIpc) is 2.86. The number of amides is 1. The molecule has 0 saturated heterocycles. The quantitative estimate of drug-likeness (QED) is 0.851. The van der Waals surface area contributed by atoms with Gasteiger partial charge in [-0.2, -0.15) is 0 Å². The molecule has 104 valence electrons. The average molecular weight is 335 g/mol. The molecule has 1 heterocycles. The maximum absolute atomic E-state index is 11.9. The van der Waals surface area contributed by atoms with E-state index < -0.39 is 0 Å². The molecule has 0 spiro atoms. The van der Waals surface area contributed by atoms with Gasteiger partial charge >= 0.3 is 0 Å². The Morgan fingerprint density at radius 3 is 2.80 bits per heavy atom. The second-order valence-electron chi connectivity index (χ2n) is 4.41. The SMILES string of the molecule is CCC(=O)c1ccn(CC(=O)Nc2cccc(Br)c2)c1. The number of nitrogens with one attached hydrogen (secondary N) is 1. The third kappa shape index (κ3) is 3.81. The van der Waals surface area contributed by atoms with Crippen LogP contribution in [-0.2, 0) is 11.3 Å². The minimum atomic E-state index is -0.130. The second-order valence-corrected chi connectivity index (χ2v) is 5.32. The summed E-state index contributed by atoms with van der Waals surface area (Å²) in [7, 11) is 0. The Morgan fingerprint density at radius 1 is 1.30 bits per heavy atom. The van der Waals surface area contributed by atoms with Gasteiger partial charge in [-0.3, -0.25) is 9.59 Å². The summed E-state index contributed by atoms with van der Waals surface area (Å²) in [6.45, 7) is 2.00. The predicted octanol–water partition coefficient (Wildman–Crippen LogP) is 3.48. The van der Waals surface area contributed by atoms with Crippen molar-refractivity contribution in [3.8, 4) is 0 Å². The normalized spacial score (nSPS) is 10.3. The van der Waals surface area contributed by atoms with E-state index in [-0.39, 0.29) is 18.2 Å². The molecular formula is C15H15BrN2O2. The molecule has 0 aliphatic heterocycles. The maximum Gasteiger partial charge on any atom is 0.244 e. The molecular weight excluding hydrogens is 320 g/mol. The first-order valence-corrected chi connectivity index (χ1v) is 7.12. The van der Waals surface area contributed by atoms with Crippen molar-refractivity contribution in [2.24, 2.45) is 0 Å². The van der Waals surface area contributed by atoms with Crippen molar-refractivity contribution in [2.75, 3.05) is 5.32 Å². The molecule has 0 fully saturated rings. The Labute approximate surface area is 125 Å². The molecule has 0 bridgehead atoms. The van der Waals surface area contributed by atoms with Crippen LogP contribution in [0.2, 0.25) is 0 Å². The summed E-state index contributed by atoms with van der Waals surface area (Å²) < 4.78 is 2.61. The molecule has 0 atom stereocenters. The summed E-state index contributed by atoms with van der Waals surface area (Å²) in [6, 6.07) is 9.14. The molecule has 1 aromatic heterocycles. The molecule has 0 saturated carbocycles. The number of nitrogens with zero attached hydrogens (tertiary/aromatic N) is 1. The van der Waals surface area contributed by atoms with Crippen LogP contribution in [0.3, 0.4) is 0 Å². The Kier molecular flexibility index (Phi) is 4.74. The minimum absolute atomic E-state index is 0.0798. The zero-order valence-corrected chi connectivity index (χ0v) is 12.7. The fourth-order valence-corrected chi connectivity index (χ4v) is 2.24. The minimum Gasteiger partial charge on any atom is -0.344 e. The summed E-state index contributed by atoms with van der Waals surface area (Å²) in [6.07, 6.45) is 3.91. The van der Waals surface area contributed by atoms with Gasteiger partial charge in [0.1, 0.15) is 6.54 Å². The Bertz CT molecular complexity index is 634. The van der Waals surface area contributed by atoms with E-state index in [1.165, 1.54) is 0 Å². The zero-order valence-electron chi connectivity index (χ0n) is 11.1. The van der Waals surface area contributed by atoms with Crippen LogP contribution >= 0.6 is 15.9 Å². The first kappa shape index (κ1) is 14.5. The summed E-state index contributed by atoms with van der Waals surface area (Å²) in [5.74, 6) is -0.0506. The second kappa shape index (κ2) is 6.52. The summed E-state index contributed by atoms with van der Waals surface area (Å²) >= 11 is 3.35. The number of rotatable bonds is 5. The van der Waals surface area contributed by atoms with E-state index in [1.807, 2.05) is 31.2 Å². The van der Waals surface area contributed by atoms with Crippen LogP contribution in [0.15, 0.2) is 47.2 Å². The van der Waals surface area contributed by atoms with E-state index in [4.69, 9.17) is 0 Å². The number of carbonyl (C=O) groups excluding carboxylic acids is 2. The van der Waals surface area contributed by atoms with Crippen LogP contribution in [0.25, 0.3) is 0 Å². The third-order valence-electron chi connectivity index (χ3n) is 2.83. The van der Waals surface area contributed by atoms with E-state index in [9.17, 15) is 9.59 Å². The number of hydrogen-bond donors (Lipinski definition) is 1. The van der Waals surface area contributed by atoms with Gasteiger partial charge in [-0.05, 0) is 24.3 Å². The Hall–Kier alpha value is -1.88. The molecule has 0 aliphatic carbocycles. The molecule has 1 N–H and O–H groups in total. The molecule has 0 unspecified atom stereocenters. The fourth-order valence-electron chi connectivity index (χ4n) is 1.84. The smallest absolute Gasteiger partial charge is 0.244 e. The number of Topliss-reactive ketones (excluding diaryl/α,β-unsaturated/α-hetero) is 1. The highest BCUT2D eigenvalue weighted by Gasteiger charge is 2.08. The number of aromatic nitrogens is 1. The Morgan fingerprint density at radius 2 is 2.10 bits per heavy atom. The lowest BCUT2D eigenvalue weighted by Crippen LogP contribution is -2.17. The number of carbonyl (C=O) groups is 2. The van der Waals surface area contributed by atoms with Gasteiger partial charge in [-0.1, -0.05) is 28.9 Å². The van der Waals surface area contributed by atoms with Crippen molar-refractivity contribution in [1.82, 2.24) is 4.57 Å². The van der Waals surface area contributed by atoms with Gasteiger partial charge in [0.05, 0.1) is 0 Å². The fraction of sp³-hybridized carbons (Fsp3) is 0.200. The Balaban J connectivity index is 1.98. The van der Waals surface area contributed by atoms with Crippen molar-refractivity contribution in [3.63, 3.8) is 0 Å². The topological polar surface area (TPSA) is 51.1 Å². The van der Waals surface area contributed by atoms with Crippen molar-refractivity contribution in [1.29, 1.82) is 0 Å². The lowest BCUT2D eigenvalue weighted by Gasteiger charge is -2.06. The van der Waals surface area contributed by atoms with Crippen LogP contribution in [0, 0.1) is 0 Å². The number of anilines is 1. The van der Waals surface area contributed by atoms with E-state index in [1.54, 1.807) is 23.0 Å². The molecule has 1 amide bonds. The van der Waals surface area contributed by atoms with Gasteiger partial charge in [-0.15, -0.1) is 0 Å². The van der Waals surface area contributed by atoms with Gasteiger partial charge in [0.2, 0.25) is 5.91 Å². The van der Waals surface area contributed by atoms with Gasteiger partial charge < -0.3 is 9.88 Å². The number of halogens is 1. The van der Waals surface area contributed by atoms with Crippen LogP contribution in [0.1, 0.15) is 23.7 Å². The number of ketones is 1. The molecule has 20 heavy (non-hydrogen) atoms. The van der Waals surface area contributed by atoms with Crippen molar-refractivity contribution in [2.45, 2.75) is 19.9 Å². The van der Waals surface area contributed by atoms with Crippen LogP contribution < -0.4 is 5.32 Å². The van der Waals surface area contributed by atoms with Gasteiger partial charge in [-0.25, -0.2) is 0 Å². The zero-order chi connectivity index (χ0) is 14.5. The van der Waals surface area contributed by atoms with Crippen LogP contribution in [-0.4, -0.2) is 16.3 Å². The first-order chi connectivity index (χ1) is 9.58. The highest BCUT2D eigenvalue weighted by atomic mass is 79.9. The molecule has 2 aromatic rings. The largest absolute Gasteiger partial charge is 0.344 e. The van der Waals surface area contributed by atoms with Crippen molar-refractivity contribution < 1.29 is 9.59 Å². The van der Waals surface area contributed by atoms with Gasteiger partial charge in [0.25, 0.3) is 0 Å². The number of hydrogen-bond acceptors (Lipinski definition) is 2. The third-order valence-corrected chi connectivity index (χ3v) is 3.32. The highest BCUT2D eigenvalue weighted by molar-refractivity contribution is 9.10. The molecule has 2 rings (SSSR count). The lowest BCUT2D eigenvalue weighted by atomic mass is 10.2. The molecule has 0 aliphatic rings. The maximum atomic E-state index is 11.9. The number of benzene rings is 1. The van der Waals surface area contributed by atoms with E-state index in [0.717, 1.165) is 10.2 Å². The van der Waals surface area contributed by atoms with E-state index in [2.05, 4.69) is 21.2 Å². The molecule has 4 nitrogen and oxygen atoms in total. The van der Waals surface area contributed by atoms with Crippen molar-refractivity contribution >= 4 is 33.3 Å². The van der Waals surface area contributed by atoms with Crippen LogP contribution in [0.5, 0.6) is 0 Å². The molecule has 5 heteroatoms. The summed E-state index contributed by atoms with van der Waals surface area (Å²) in [5.41, 5.74) is 1.38. The van der Waals surface area contributed by atoms with E-state index >= 15 is 0 Å². The summed E-state index contributed by atoms with van der Waals surface area (Å²) in [5, 5.41) is 2.81.